The molecule has 1 unspecified atom stereocenters. The molecule has 2 rings (SSSR count). The number of hydrogen-bond acceptors (Lipinski definition) is 4. The molecule has 1 aliphatic rings. The van der Waals surface area contributed by atoms with Gasteiger partial charge in [0, 0.05) is 24.6 Å². The number of aliphatic hydroxyl groups excluding tert-OH is 1. The summed E-state index contributed by atoms with van der Waals surface area (Å²) in [6.07, 6.45) is 4.94. The second kappa shape index (κ2) is 7.75. The molecule has 1 aromatic heterocycles. The number of urea groups is 1. The van der Waals surface area contributed by atoms with E-state index in [-0.39, 0.29) is 18.6 Å². The number of hydrogen-bond donors (Lipinski definition) is 2. The number of nitrogens with one attached hydrogen (secondary N) is 1. The Kier molecular flexibility index (Phi) is 5.99. The molecule has 21 heavy (non-hydrogen) atoms. The number of aryl methyl sites for hydroxylation is 2. The van der Waals surface area contributed by atoms with Gasteiger partial charge in [0.05, 0.1) is 5.69 Å². The summed E-state index contributed by atoms with van der Waals surface area (Å²) in [5, 5.41) is 12.9. The highest BCUT2D eigenvalue weighted by molar-refractivity contribution is 7.15. The van der Waals surface area contributed by atoms with Crippen molar-refractivity contribution in [2.75, 3.05) is 25.0 Å². The highest BCUT2D eigenvalue weighted by Crippen LogP contribution is 2.25. The lowest BCUT2D eigenvalue weighted by Crippen LogP contribution is -2.43. The number of amides is 2. The maximum Gasteiger partial charge on any atom is 0.323 e. The number of aromatic nitrogens is 1. The number of nitrogens with zero attached hydrogens (tertiary/aromatic N) is 2. The summed E-state index contributed by atoms with van der Waals surface area (Å²) < 4.78 is 0. The van der Waals surface area contributed by atoms with Crippen LogP contribution in [0.2, 0.25) is 0 Å². The van der Waals surface area contributed by atoms with Crippen LogP contribution in [0.15, 0.2) is 0 Å². The van der Waals surface area contributed by atoms with Crippen LogP contribution in [0.1, 0.15) is 43.7 Å². The van der Waals surface area contributed by atoms with Crippen LogP contribution in [-0.2, 0) is 12.8 Å². The Hall–Kier alpha value is -1.14. The van der Waals surface area contributed by atoms with E-state index in [4.69, 9.17) is 0 Å². The van der Waals surface area contributed by atoms with Gasteiger partial charge in [-0.05, 0) is 31.6 Å². The maximum absolute atomic E-state index is 12.3. The van der Waals surface area contributed by atoms with Crippen molar-refractivity contribution in [1.29, 1.82) is 0 Å². The van der Waals surface area contributed by atoms with Crippen molar-refractivity contribution in [3.63, 3.8) is 0 Å². The molecule has 1 fully saturated rings. The van der Waals surface area contributed by atoms with E-state index >= 15 is 0 Å². The first-order chi connectivity index (χ1) is 10.2. The van der Waals surface area contributed by atoms with Crippen LogP contribution in [0.4, 0.5) is 9.93 Å². The average molecular weight is 311 g/mol. The van der Waals surface area contributed by atoms with Gasteiger partial charge in [-0.1, -0.05) is 20.3 Å². The smallest absolute Gasteiger partial charge is 0.323 e. The van der Waals surface area contributed by atoms with Gasteiger partial charge in [0.1, 0.15) is 0 Å². The SMILES string of the molecule is CCCc1nc(NC(=O)N2CCCC(CO)C2)sc1CC. The fraction of sp³-hybridized carbons (Fsp3) is 0.733. The first kappa shape index (κ1) is 16.2. The van der Waals surface area contributed by atoms with Crippen molar-refractivity contribution in [3.05, 3.63) is 10.6 Å². The van der Waals surface area contributed by atoms with E-state index in [0.29, 0.717) is 11.7 Å². The van der Waals surface area contributed by atoms with Gasteiger partial charge in [-0.3, -0.25) is 5.32 Å². The third kappa shape index (κ3) is 4.17. The molecule has 0 aromatic carbocycles. The summed E-state index contributed by atoms with van der Waals surface area (Å²) >= 11 is 1.58. The Morgan fingerprint density at radius 2 is 2.33 bits per heavy atom. The molecule has 0 radical (unpaired) electrons. The van der Waals surface area contributed by atoms with Crippen LogP contribution < -0.4 is 5.32 Å². The molecule has 1 aliphatic heterocycles. The summed E-state index contributed by atoms with van der Waals surface area (Å²) in [4.78, 5) is 19.9. The summed E-state index contributed by atoms with van der Waals surface area (Å²) in [6, 6.07) is -0.0902. The standard InChI is InChI=1S/C15H25N3O2S/c1-3-6-12-13(4-2)21-14(16-12)17-15(20)18-8-5-7-11(9-18)10-19/h11,19H,3-10H2,1-2H3,(H,16,17,20). The van der Waals surface area contributed by atoms with E-state index in [9.17, 15) is 9.90 Å². The van der Waals surface area contributed by atoms with Gasteiger partial charge in [0.2, 0.25) is 0 Å². The molecule has 0 aliphatic carbocycles. The van der Waals surface area contributed by atoms with Crippen molar-refractivity contribution in [1.82, 2.24) is 9.88 Å². The van der Waals surface area contributed by atoms with Crippen molar-refractivity contribution < 1.29 is 9.90 Å². The fourth-order valence-corrected chi connectivity index (χ4v) is 3.65. The molecule has 5 nitrogen and oxygen atoms in total. The third-order valence-electron chi connectivity index (χ3n) is 3.86. The van der Waals surface area contributed by atoms with Gasteiger partial charge < -0.3 is 10.0 Å². The Morgan fingerprint density at radius 1 is 1.52 bits per heavy atom. The quantitative estimate of drug-likeness (QED) is 0.878. The zero-order valence-electron chi connectivity index (χ0n) is 12.9. The highest BCUT2D eigenvalue weighted by Gasteiger charge is 2.24. The van der Waals surface area contributed by atoms with Crippen molar-refractivity contribution in [2.45, 2.75) is 46.0 Å². The number of likely N-dealkylation sites (tertiary alicyclic amines) is 1. The second-order valence-corrected chi connectivity index (χ2v) is 6.64. The van der Waals surface area contributed by atoms with E-state index in [1.54, 1.807) is 16.2 Å². The second-order valence-electron chi connectivity index (χ2n) is 5.56. The van der Waals surface area contributed by atoms with Gasteiger partial charge in [-0.15, -0.1) is 11.3 Å². The molecule has 1 saturated heterocycles. The van der Waals surface area contributed by atoms with E-state index in [1.807, 2.05) is 0 Å². The molecule has 0 spiro atoms. The van der Waals surface area contributed by atoms with Crippen LogP contribution in [0.25, 0.3) is 0 Å². The van der Waals surface area contributed by atoms with Crippen LogP contribution in [0, 0.1) is 5.92 Å². The van der Waals surface area contributed by atoms with Crippen LogP contribution in [-0.4, -0.2) is 40.7 Å². The van der Waals surface area contributed by atoms with E-state index < -0.39 is 0 Å². The Bertz CT molecular complexity index is 475. The largest absolute Gasteiger partial charge is 0.396 e. The van der Waals surface area contributed by atoms with Gasteiger partial charge in [0.15, 0.2) is 5.13 Å². The van der Waals surface area contributed by atoms with Crippen LogP contribution in [0.3, 0.4) is 0 Å². The fourth-order valence-electron chi connectivity index (χ4n) is 2.71. The molecule has 2 N–H and O–H groups in total. The maximum atomic E-state index is 12.3. The lowest BCUT2D eigenvalue weighted by atomic mass is 9.99. The molecule has 0 saturated carbocycles. The molecule has 2 heterocycles. The van der Waals surface area contributed by atoms with Crippen molar-refractivity contribution in [2.24, 2.45) is 5.92 Å². The zero-order valence-corrected chi connectivity index (χ0v) is 13.7. The number of rotatable bonds is 5. The Labute approximate surface area is 130 Å². The molecule has 0 bridgehead atoms. The van der Waals surface area contributed by atoms with Gasteiger partial charge in [0.25, 0.3) is 0 Å². The Morgan fingerprint density at radius 3 is 3.00 bits per heavy atom. The number of aliphatic hydroxyl groups is 1. The third-order valence-corrected chi connectivity index (χ3v) is 5.02. The van der Waals surface area contributed by atoms with Crippen LogP contribution >= 0.6 is 11.3 Å². The number of carbonyl (C=O) groups excluding carboxylic acids is 1. The molecule has 2 amide bonds. The van der Waals surface area contributed by atoms with E-state index in [1.165, 1.54) is 4.88 Å². The zero-order chi connectivity index (χ0) is 15.2. The van der Waals surface area contributed by atoms with Crippen molar-refractivity contribution >= 4 is 22.5 Å². The van der Waals surface area contributed by atoms with E-state index in [2.05, 4.69) is 24.1 Å². The first-order valence-electron chi connectivity index (χ1n) is 7.83. The minimum atomic E-state index is -0.0902. The predicted octanol–water partition coefficient (Wildman–Crippen LogP) is 2.89. The number of anilines is 1. The highest BCUT2D eigenvalue weighted by atomic mass is 32.1. The lowest BCUT2D eigenvalue weighted by molar-refractivity contribution is 0.136. The van der Waals surface area contributed by atoms with Gasteiger partial charge >= 0.3 is 6.03 Å². The first-order valence-corrected chi connectivity index (χ1v) is 8.64. The molecule has 6 heteroatoms. The topological polar surface area (TPSA) is 65.5 Å². The minimum absolute atomic E-state index is 0.0902. The molecule has 118 valence electrons. The minimum Gasteiger partial charge on any atom is -0.396 e. The number of piperidine rings is 1. The monoisotopic (exact) mass is 311 g/mol. The number of thiazole rings is 1. The summed E-state index contributed by atoms with van der Waals surface area (Å²) in [5.74, 6) is 0.211. The molecular weight excluding hydrogens is 286 g/mol. The normalized spacial score (nSPS) is 18.8. The summed E-state index contributed by atoms with van der Waals surface area (Å²) in [5.41, 5.74) is 1.12. The summed E-state index contributed by atoms with van der Waals surface area (Å²) in [6.45, 7) is 5.81. The van der Waals surface area contributed by atoms with Gasteiger partial charge in [-0.2, -0.15) is 0 Å². The van der Waals surface area contributed by atoms with Gasteiger partial charge in [-0.25, -0.2) is 9.78 Å². The molecular formula is C15H25N3O2S. The Balaban J connectivity index is 1.98. The van der Waals surface area contributed by atoms with E-state index in [0.717, 1.165) is 44.3 Å². The number of carbonyl (C=O) groups is 1. The molecule has 1 atom stereocenters. The lowest BCUT2D eigenvalue weighted by Gasteiger charge is -2.31. The average Bonchev–Trinajstić information content (AvgIpc) is 2.89. The van der Waals surface area contributed by atoms with Crippen LogP contribution in [0.5, 0.6) is 0 Å². The summed E-state index contributed by atoms with van der Waals surface area (Å²) in [7, 11) is 0. The van der Waals surface area contributed by atoms with Crippen molar-refractivity contribution in [3.8, 4) is 0 Å². The predicted molar refractivity (Wildman–Crippen MR) is 85.9 cm³/mol. The molecule has 1 aromatic rings.